The molecule has 4 aromatic rings. The monoisotopic (exact) mass is 376 g/mol. The molecular weight excluding hydrogens is 344 g/mol. The van der Waals surface area contributed by atoms with Gasteiger partial charge in [-0.3, -0.25) is 0 Å². The van der Waals surface area contributed by atoms with Crippen LogP contribution in [0.4, 0.5) is 0 Å². The lowest BCUT2D eigenvalue weighted by Gasteiger charge is -2.16. The summed E-state index contributed by atoms with van der Waals surface area (Å²) in [6, 6.07) is 10.3. The van der Waals surface area contributed by atoms with Gasteiger partial charge in [-0.2, -0.15) is 0 Å². The number of aromatic nitrogens is 2. The van der Waals surface area contributed by atoms with Crippen LogP contribution in [0.5, 0.6) is 0 Å². The lowest BCUT2D eigenvalue weighted by Crippen LogP contribution is -2.31. The third-order valence-corrected chi connectivity index (χ3v) is 5.22. The topological polar surface area (TPSA) is 29.9 Å². The molecule has 0 atom stereocenters. The van der Waals surface area contributed by atoms with E-state index in [1.807, 2.05) is 31.5 Å². The van der Waals surface area contributed by atoms with Crippen LogP contribution in [0.3, 0.4) is 0 Å². The molecule has 4 rings (SSSR count). The van der Waals surface area contributed by atoms with Gasteiger partial charge >= 0.3 is 0 Å². The molecule has 0 N–H and O–H groups in total. The average Bonchev–Trinajstić information content (AvgIpc) is 2.98. The molecule has 0 amide bonds. The van der Waals surface area contributed by atoms with Gasteiger partial charge in [-0.05, 0) is 55.8 Å². The standard InChI is InChI=1S/C25H29N2O/c1-15-8-10-19-20-11-9-18(13-25(4,5)6)26-24(20)28-23(19)22(15)21-12-16(2)17(3)14-27(21)7/h8-12,14H,13H2,1-7H3/q+1/i3D3. The Morgan fingerprint density at radius 3 is 2.50 bits per heavy atom. The van der Waals surface area contributed by atoms with Crippen LogP contribution in [0.1, 0.15) is 47.3 Å². The summed E-state index contributed by atoms with van der Waals surface area (Å²) in [4.78, 5) is 4.80. The first-order valence-electron chi connectivity index (χ1n) is 11.2. The minimum absolute atomic E-state index is 0.143. The fourth-order valence-electron chi connectivity index (χ4n) is 3.82. The molecule has 3 heterocycles. The molecule has 28 heavy (non-hydrogen) atoms. The summed E-state index contributed by atoms with van der Waals surface area (Å²) < 4.78 is 31.6. The van der Waals surface area contributed by atoms with Crippen LogP contribution in [0, 0.1) is 26.1 Å². The van der Waals surface area contributed by atoms with Gasteiger partial charge in [0, 0.05) is 32.2 Å². The first-order chi connectivity index (χ1) is 14.3. The second-order valence-corrected chi connectivity index (χ2v) is 9.00. The summed E-state index contributed by atoms with van der Waals surface area (Å²) in [6.45, 7) is 8.35. The van der Waals surface area contributed by atoms with Gasteiger partial charge in [-0.25, -0.2) is 9.55 Å². The van der Waals surface area contributed by atoms with Crippen molar-refractivity contribution in [3.63, 3.8) is 0 Å². The van der Waals surface area contributed by atoms with E-state index in [-0.39, 0.29) is 5.41 Å². The zero-order valence-corrected chi connectivity index (χ0v) is 17.5. The molecule has 3 aromatic heterocycles. The van der Waals surface area contributed by atoms with Crippen molar-refractivity contribution in [2.24, 2.45) is 12.5 Å². The summed E-state index contributed by atoms with van der Waals surface area (Å²) >= 11 is 0. The molecule has 1 aromatic carbocycles. The van der Waals surface area contributed by atoms with Gasteiger partial charge in [0.15, 0.2) is 11.8 Å². The van der Waals surface area contributed by atoms with Crippen LogP contribution < -0.4 is 4.57 Å². The van der Waals surface area contributed by atoms with Crippen LogP contribution in [0.2, 0.25) is 0 Å². The molecular formula is C25H29N2O+. The molecule has 0 spiro atoms. The summed E-state index contributed by atoms with van der Waals surface area (Å²) in [5.41, 5.74) is 6.64. The molecule has 0 bridgehead atoms. The molecule has 0 aliphatic carbocycles. The van der Waals surface area contributed by atoms with E-state index in [2.05, 4.69) is 45.0 Å². The largest absolute Gasteiger partial charge is 0.437 e. The van der Waals surface area contributed by atoms with Crippen molar-refractivity contribution in [2.75, 3.05) is 0 Å². The number of furan rings is 1. The molecule has 3 nitrogen and oxygen atoms in total. The van der Waals surface area contributed by atoms with Crippen LogP contribution in [0.25, 0.3) is 33.3 Å². The van der Waals surface area contributed by atoms with Crippen LogP contribution in [-0.4, -0.2) is 4.98 Å². The molecule has 0 aliphatic rings. The Kier molecular flexibility index (Phi) is 3.51. The number of rotatable bonds is 2. The number of nitrogens with zero attached hydrogens (tertiary/aromatic N) is 2. The van der Waals surface area contributed by atoms with E-state index < -0.39 is 6.85 Å². The highest BCUT2D eigenvalue weighted by Crippen LogP contribution is 2.37. The van der Waals surface area contributed by atoms with Crippen molar-refractivity contribution in [1.82, 2.24) is 4.98 Å². The fraction of sp³-hybridized carbons (Fsp3) is 0.360. The lowest BCUT2D eigenvalue weighted by molar-refractivity contribution is -0.660. The van der Waals surface area contributed by atoms with Crippen molar-refractivity contribution >= 4 is 22.1 Å². The van der Waals surface area contributed by atoms with E-state index in [1.165, 1.54) is 0 Å². The van der Waals surface area contributed by atoms with Crippen LogP contribution >= 0.6 is 0 Å². The van der Waals surface area contributed by atoms with Gasteiger partial charge in [-0.1, -0.05) is 32.9 Å². The van der Waals surface area contributed by atoms with Gasteiger partial charge in [0.25, 0.3) is 0 Å². The highest BCUT2D eigenvalue weighted by Gasteiger charge is 2.22. The van der Waals surface area contributed by atoms with Gasteiger partial charge in [0.1, 0.15) is 7.05 Å². The Labute approximate surface area is 171 Å². The minimum atomic E-state index is -2.14. The van der Waals surface area contributed by atoms with E-state index in [4.69, 9.17) is 13.5 Å². The molecule has 0 unspecified atom stereocenters. The number of aryl methyl sites for hydroxylation is 4. The second kappa shape index (κ2) is 6.44. The Morgan fingerprint density at radius 2 is 1.79 bits per heavy atom. The number of fused-ring (bicyclic) bond motifs is 3. The molecule has 0 radical (unpaired) electrons. The van der Waals surface area contributed by atoms with Crippen molar-refractivity contribution in [2.45, 2.75) is 47.9 Å². The molecule has 0 saturated heterocycles. The quantitative estimate of drug-likeness (QED) is 0.402. The van der Waals surface area contributed by atoms with E-state index in [9.17, 15) is 0 Å². The van der Waals surface area contributed by atoms with Crippen molar-refractivity contribution in [1.29, 1.82) is 0 Å². The fourth-order valence-corrected chi connectivity index (χ4v) is 3.82. The third-order valence-electron chi connectivity index (χ3n) is 5.22. The Hall–Kier alpha value is -2.68. The smallest absolute Gasteiger partial charge is 0.227 e. The highest BCUT2D eigenvalue weighted by molar-refractivity contribution is 6.08. The normalized spacial score (nSPS) is 14.3. The maximum atomic E-state index is 7.81. The number of hydrogen-bond donors (Lipinski definition) is 0. The van der Waals surface area contributed by atoms with E-state index in [1.54, 1.807) is 6.20 Å². The number of pyridine rings is 2. The van der Waals surface area contributed by atoms with Gasteiger partial charge in [0.2, 0.25) is 11.4 Å². The summed E-state index contributed by atoms with van der Waals surface area (Å²) in [7, 11) is 1.88. The van der Waals surface area contributed by atoms with Gasteiger partial charge < -0.3 is 4.42 Å². The SMILES string of the molecule is [2H]C([2H])([2H])c1c[n+](C)c(-c2c(C)ccc3c2oc2nc(CC(C)(C)C)ccc23)cc1C. The highest BCUT2D eigenvalue weighted by atomic mass is 16.3. The Balaban J connectivity index is 1.95. The summed E-state index contributed by atoms with van der Waals surface area (Å²) in [5.74, 6) is 0. The van der Waals surface area contributed by atoms with Crippen molar-refractivity contribution in [3.05, 3.63) is 58.9 Å². The summed E-state index contributed by atoms with van der Waals surface area (Å²) in [6.07, 6.45) is 2.58. The Bertz CT molecular complexity index is 1310. The third kappa shape index (κ3) is 3.19. The van der Waals surface area contributed by atoms with Gasteiger partial charge in [-0.15, -0.1) is 0 Å². The number of benzene rings is 1. The van der Waals surface area contributed by atoms with Crippen molar-refractivity contribution in [3.8, 4) is 11.3 Å². The second-order valence-electron chi connectivity index (χ2n) is 9.00. The molecule has 0 fully saturated rings. The number of hydrogen-bond acceptors (Lipinski definition) is 2. The van der Waals surface area contributed by atoms with E-state index in [0.29, 0.717) is 11.3 Å². The maximum Gasteiger partial charge on any atom is 0.227 e. The molecule has 0 aliphatic heterocycles. The first kappa shape index (κ1) is 15.3. The maximum absolute atomic E-state index is 7.81. The van der Waals surface area contributed by atoms with Crippen LogP contribution in [0.15, 0.2) is 40.9 Å². The average molecular weight is 377 g/mol. The van der Waals surface area contributed by atoms with E-state index in [0.717, 1.165) is 50.9 Å². The molecule has 144 valence electrons. The molecule has 3 heteroatoms. The zero-order valence-electron chi connectivity index (χ0n) is 20.5. The van der Waals surface area contributed by atoms with E-state index >= 15 is 0 Å². The van der Waals surface area contributed by atoms with Crippen LogP contribution in [-0.2, 0) is 13.5 Å². The first-order valence-corrected chi connectivity index (χ1v) is 9.68. The predicted molar refractivity (Wildman–Crippen MR) is 115 cm³/mol. The van der Waals surface area contributed by atoms with Gasteiger partial charge in [0.05, 0.1) is 5.56 Å². The minimum Gasteiger partial charge on any atom is -0.437 e. The zero-order chi connectivity index (χ0) is 22.7. The van der Waals surface area contributed by atoms with Crippen molar-refractivity contribution < 1.29 is 13.1 Å². The lowest BCUT2D eigenvalue weighted by atomic mass is 9.90. The molecule has 0 saturated carbocycles. The predicted octanol–water partition coefficient (Wildman–Crippen LogP) is 5.99. The summed E-state index contributed by atoms with van der Waals surface area (Å²) in [5, 5.41) is 2.01. The Morgan fingerprint density at radius 1 is 1.04 bits per heavy atom.